The summed E-state index contributed by atoms with van der Waals surface area (Å²) < 4.78 is 9.47. The van der Waals surface area contributed by atoms with E-state index in [-0.39, 0.29) is 45.2 Å². The molecule has 0 spiro atoms. The zero-order valence-electron chi connectivity index (χ0n) is 17.8. The van der Waals surface area contributed by atoms with Gasteiger partial charge in [0, 0.05) is 38.6 Å². The Kier molecular flexibility index (Phi) is 6.10. The minimum absolute atomic E-state index is 0.0442. The minimum Gasteiger partial charge on any atom is -0.480 e. The van der Waals surface area contributed by atoms with Gasteiger partial charge in [-0.05, 0) is 36.7 Å². The number of aryl methyl sites for hydroxylation is 1. The summed E-state index contributed by atoms with van der Waals surface area (Å²) in [4.78, 5) is 26.3. The second kappa shape index (κ2) is 8.77. The standard InChI is InChI=1S/C20H29BN4O5/c1-24-11-14(15-4-2-3-5-17(15)24)8-16(22)18(26)25-10-13(6-7-21(29)30)9-20(23,12-25)19(27)28/h2-5,11,13,16,29-30H,6-10,12,22-23H2,1H3,(H,27,28)/t13-,16-,20+/m0/s1/i1D. The maximum atomic E-state index is 13.1. The van der Waals surface area contributed by atoms with Crippen molar-refractivity contribution in [2.45, 2.75) is 37.2 Å². The van der Waals surface area contributed by atoms with E-state index in [4.69, 9.17) is 22.9 Å². The molecule has 2 aromatic rings. The second-order valence-electron chi connectivity index (χ2n) is 8.26. The van der Waals surface area contributed by atoms with E-state index in [1.54, 1.807) is 4.57 Å². The molecule has 1 aromatic heterocycles. The summed E-state index contributed by atoms with van der Waals surface area (Å²) in [5, 5.41) is 28.8. The molecule has 1 fully saturated rings. The Morgan fingerprint density at radius 3 is 2.80 bits per heavy atom. The van der Waals surface area contributed by atoms with Gasteiger partial charge < -0.3 is 36.1 Å². The van der Waals surface area contributed by atoms with Gasteiger partial charge in [-0.15, -0.1) is 0 Å². The maximum Gasteiger partial charge on any atom is 0.451 e. The van der Waals surface area contributed by atoms with Gasteiger partial charge in [0.15, 0.2) is 0 Å². The molecule has 7 N–H and O–H groups in total. The summed E-state index contributed by atoms with van der Waals surface area (Å²) in [5.41, 5.74) is 12.5. The van der Waals surface area contributed by atoms with Gasteiger partial charge in [0.2, 0.25) is 5.91 Å². The number of likely N-dealkylation sites (tertiary alicyclic amines) is 1. The number of hydrogen-bond acceptors (Lipinski definition) is 6. The van der Waals surface area contributed by atoms with Crippen molar-refractivity contribution in [1.82, 2.24) is 9.47 Å². The van der Waals surface area contributed by atoms with Crippen molar-refractivity contribution >= 4 is 29.9 Å². The van der Waals surface area contributed by atoms with Gasteiger partial charge in [0.05, 0.1) is 6.04 Å². The first-order valence-electron chi connectivity index (χ1n) is 10.6. The van der Waals surface area contributed by atoms with Gasteiger partial charge >= 0.3 is 13.1 Å². The number of rotatable bonds is 7. The molecule has 10 heteroatoms. The van der Waals surface area contributed by atoms with Crippen LogP contribution in [0.1, 0.15) is 19.8 Å². The smallest absolute Gasteiger partial charge is 0.451 e. The molecule has 0 saturated carbocycles. The third-order valence-electron chi connectivity index (χ3n) is 5.80. The molecular weight excluding hydrogens is 387 g/mol. The van der Waals surface area contributed by atoms with Crippen LogP contribution in [0.15, 0.2) is 30.5 Å². The van der Waals surface area contributed by atoms with E-state index in [1.165, 1.54) is 4.90 Å². The largest absolute Gasteiger partial charge is 0.480 e. The minimum atomic E-state index is -1.61. The molecule has 3 rings (SSSR count). The number of aromatic nitrogens is 1. The molecule has 162 valence electrons. The Balaban J connectivity index is 1.77. The lowest BCUT2D eigenvalue weighted by Gasteiger charge is -2.42. The highest BCUT2D eigenvalue weighted by molar-refractivity contribution is 6.40. The lowest BCUT2D eigenvalue weighted by atomic mass is 9.75. The molecule has 9 nitrogen and oxygen atoms in total. The van der Waals surface area contributed by atoms with Crippen LogP contribution in [0.25, 0.3) is 10.9 Å². The summed E-state index contributed by atoms with van der Waals surface area (Å²) in [6, 6.07) is 6.69. The van der Waals surface area contributed by atoms with E-state index < -0.39 is 30.6 Å². The quantitative estimate of drug-likeness (QED) is 0.382. The number of carboxylic acids is 1. The highest BCUT2D eigenvalue weighted by Crippen LogP contribution is 2.29. The van der Waals surface area contributed by atoms with Crippen molar-refractivity contribution in [3.63, 3.8) is 0 Å². The predicted molar refractivity (Wildman–Crippen MR) is 113 cm³/mol. The summed E-state index contributed by atoms with van der Waals surface area (Å²) in [5.74, 6) is -1.88. The van der Waals surface area contributed by atoms with Crippen molar-refractivity contribution < 1.29 is 26.1 Å². The molecule has 1 saturated heterocycles. The number of carboxylic acid groups (broad SMARTS) is 1. The molecule has 1 aliphatic rings. The molecule has 3 atom stereocenters. The number of hydrogen-bond donors (Lipinski definition) is 5. The number of para-hydroxylation sites is 1. The van der Waals surface area contributed by atoms with Crippen LogP contribution in [-0.2, 0) is 23.0 Å². The van der Waals surface area contributed by atoms with E-state index in [1.807, 2.05) is 30.5 Å². The van der Waals surface area contributed by atoms with Crippen LogP contribution in [-0.4, -0.2) is 68.3 Å². The first-order chi connectivity index (χ1) is 14.6. The Bertz CT molecular complexity index is 955. The van der Waals surface area contributed by atoms with Gasteiger partial charge in [-0.1, -0.05) is 24.6 Å². The number of nitrogens with zero attached hydrogens (tertiary/aromatic N) is 2. The SMILES string of the molecule is [2H]Cn1cc(C[C@H](N)C(=O)N2C[C@@H](CCB(O)O)C[C@](N)(C(=O)O)C2)c2ccccc21. The Labute approximate surface area is 176 Å². The van der Waals surface area contributed by atoms with Gasteiger partial charge in [0.1, 0.15) is 5.54 Å². The number of benzene rings is 1. The fraction of sp³-hybridized carbons (Fsp3) is 0.500. The average Bonchev–Trinajstić information content (AvgIpc) is 3.09. The Morgan fingerprint density at radius 1 is 1.40 bits per heavy atom. The summed E-state index contributed by atoms with van der Waals surface area (Å²) >= 11 is 0. The first kappa shape index (κ1) is 20.9. The third-order valence-corrected chi connectivity index (χ3v) is 5.80. The Morgan fingerprint density at radius 2 is 2.13 bits per heavy atom. The molecule has 1 amide bonds. The number of amides is 1. The van der Waals surface area contributed by atoms with E-state index in [2.05, 4.69) is 0 Å². The van der Waals surface area contributed by atoms with Crippen molar-refractivity contribution in [2.75, 3.05) is 13.1 Å². The lowest BCUT2D eigenvalue weighted by Crippen LogP contribution is -2.64. The van der Waals surface area contributed by atoms with Crippen LogP contribution in [0, 0.1) is 5.92 Å². The molecule has 1 aliphatic heterocycles. The third kappa shape index (κ3) is 4.67. The normalized spacial score (nSPS) is 23.3. The summed E-state index contributed by atoms with van der Waals surface area (Å²) in [6.45, 7) is 0.113. The van der Waals surface area contributed by atoms with Crippen LogP contribution in [0.4, 0.5) is 0 Å². The van der Waals surface area contributed by atoms with Gasteiger partial charge in [-0.2, -0.15) is 0 Å². The van der Waals surface area contributed by atoms with Gasteiger partial charge in [-0.25, -0.2) is 0 Å². The van der Waals surface area contributed by atoms with E-state index in [0.717, 1.165) is 16.5 Å². The number of fused-ring (bicyclic) bond motifs is 1. The van der Waals surface area contributed by atoms with E-state index >= 15 is 0 Å². The zero-order chi connectivity index (χ0) is 22.8. The molecule has 2 heterocycles. The molecule has 30 heavy (non-hydrogen) atoms. The summed E-state index contributed by atoms with van der Waals surface area (Å²) in [6.07, 6.45) is 2.61. The fourth-order valence-corrected chi connectivity index (χ4v) is 4.31. The molecule has 0 radical (unpaired) electrons. The van der Waals surface area contributed by atoms with Crippen LogP contribution in [0.3, 0.4) is 0 Å². The Hall–Kier alpha value is -2.40. The number of carbonyl (C=O) groups is 2. The molecule has 0 bridgehead atoms. The van der Waals surface area contributed by atoms with Crippen molar-refractivity contribution in [3.05, 3.63) is 36.0 Å². The topological polar surface area (TPSA) is 155 Å². The molecule has 0 unspecified atom stereocenters. The number of nitrogens with two attached hydrogens (primary N) is 2. The molecule has 1 aromatic carbocycles. The van der Waals surface area contributed by atoms with Gasteiger partial charge in [0.25, 0.3) is 0 Å². The van der Waals surface area contributed by atoms with Gasteiger partial charge in [-0.3, -0.25) is 9.59 Å². The van der Waals surface area contributed by atoms with Crippen molar-refractivity contribution in [3.8, 4) is 0 Å². The first-order valence-corrected chi connectivity index (χ1v) is 9.93. The lowest BCUT2D eigenvalue weighted by molar-refractivity contribution is -0.149. The van der Waals surface area contributed by atoms with E-state index in [0.29, 0.717) is 6.42 Å². The predicted octanol–water partition coefficient (Wildman–Crippen LogP) is -0.458. The highest BCUT2D eigenvalue weighted by Gasteiger charge is 2.44. The van der Waals surface area contributed by atoms with Crippen LogP contribution >= 0.6 is 0 Å². The van der Waals surface area contributed by atoms with Crippen molar-refractivity contribution in [1.29, 1.82) is 0 Å². The van der Waals surface area contributed by atoms with Crippen LogP contribution in [0.2, 0.25) is 6.32 Å². The van der Waals surface area contributed by atoms with Crippen molar-refractivity contribution in [2.24, 2.45) is 24.4 Å². The summed E-state index contributed by atoms with van der Waals surface area (Å²) in [7, 11) is -1.46. The highest BCUT2D eigenvalue weighted by atomic mass is 16.4. The van der Waals surface area contributed by atoms with Crippen LogP contribution < -0.4 is 11.5 Å². The molecular formula is C20H29BN4O5. The maximum absolute atomic E-state index is 13.1. The molecule has 0 aliphatic carbocycles. The second-order valence-corrected chi connectivity index (χ2v) is 8.26. The number of aliphatic carboxylic acids is 1. The number of piperidine rings is 1. The van der Waals surface area contributed by atoms with E-state index in [9.17, 15) is 14.7 Å². The van der Waals surface area contributed by atoms with Crippen LogP contribution in [0.5, 0.6) is 0 Å². The zero-order valence-corrected chi connectivity index (χ0v) is 16.8. The number of carbonyl (C=O) groups excluding carboxylic acids is 1. The monoisotopic (exact) mass is 417 g/mol. The fourth-order valence-electron chi connectivity index (χ4n) is 4.31. The average molecular weight is 417 g/mol.